The van der Waals surface area contributed by atoms with Crippen LogP contribution >= 0.6 is 23.2 Å². The maximum absolute atomic E-state index is 13.8. The molecule has 1 amide bonds. The van der Waals surface area contributed by atoms with Crippen LogP contribution in [0.3, 0.4) is 0 Å². The molecule has 3 aliphatic rings. The van der Waals surface area contributed by atoms with Crippen molar-refractivity contribution < 1.29 is 14.5 Å². The van der Waals surface area contributed by atoms with Crippen molar-refractivity contribution in [2.45, 2.75) is 50.2 Å². The molecule has 7 nitrogen and oxygen atoms in total. The molecule has 0 radical (unpaired) electrons. The van der Waals surface area contributed by atoms with Gasteiger partial charge in [0.2, 0.25) is 6.04 Å². The van der Waals surface area contributed by atoms with Gasteiger partial charge < -0.3 is 10.1 Å². The largest absolute Gasteiger partial charge is 0.324 e. The number of nitrogens with one attached hydrogen (secondary N) is 1. The molecule has 4 atom stereocenters. The van der Waals surface area contributed by atoms with Crippen molar-refractivity contribution in [3.8, 4) is 0 Å². The fourth-order valence-electron chi connectivity index (χ4n) is 5.60. The van der Waals surface area contributed by atoms with Crippen molar-refractivity contribution in [1.29, 1.82) is 0 Å². The number of rotatable bonds is 6. The minimum Gasteiger partial charge on any atom is -0.324 e. The van der Waals surface area contributed by atoms with Crippen LogP contribution < -0.4 is 5.32 Å². The number of anilines is 1. The zero-order valence-electron chi connectivity index (χ0n) is 17.0. The molecule has 5 rings (SSSR count). The van der Waals surface area contributed by atoms with E-state index in [1.165, 1.54) is 0 Å². The van der Waals surface area contributed by atoms with E-state index < -0.39 is 23.5 Å². The van der Waals surface area contributed by atoms with Crippen molar-refractivity contribution in [2.24, 2.45) is 5.92 Å². The SMILES string of the molecule is C.O=CC[C@H]1[C@@H]([N+](=O)[O-])[C@H](c2cccc(Cl)c2)[C@]2(C(=O)Nc3cc(Cl)ccc32)N1CC1CC1. The number of amides is 1. The molecular weight excluding hydrogens is 465 g/mol. The summed E-state index contributed by atoms with van der Waals surface area (Å²) in [5.41, 5.74) is 0.465. The van der Waals surface area contributed by atoms with Crippen molar-refractivity contribution in [1.82, 2.24) is 4.90 Å². The van der Waals surface area contributed by atoms with Gasteiger partial charge >= 0.3 is 0 Å². The van der Waals surface area contributed by atoms with Crippen LogP contribution in [0.4, 0.5) is 5.69 Å². The Bertz CT molecular complexity index is 1120. The summed E-state index contributed by atoms with van der Waals surface area (Å²) in [6.07, 6.45) is 2.68. The van der Waals surface area contributed by atoms with Crippen LogP contribution in [0.15, 0.2) is 42.5 Å². The van der Waals surface area contributed by atoms with Gasteiger partial charge in [0.1, 0.15) is 11.8 Å². The standard InChI is InChI=1S/C23H21Cl2N3O4.CH4/c24-15-3-1-2-14(10-15)20-21(28(31)32)19(8-9-29)27(12-13-4-5-13)23(20)17-7-6-16(25)11-18(17)26-22(23)30;/h1-3,6-7,9-11,13,19-21H,4-5,8,12H2,(H,26,30);1H4/t19-,20-,21+,23+;/m0./s1. The highest BCUT2D eigenvalue weighted by Crippen LogP contribution is 2.59. The number of likely N-dealkylation sites (tertiary alicyclic amines) is 1. The lowest BCUT2D eigenvalue weighted by Gasteiger charge is -2.38. The predicted octanol–water partition coefficient (Wildman–Crippen LogP) is 4.89. The second-order valence-electron chi connectivity index (χ2n) is 8.78. The van der Waals surface area contributed by atoms with E-state index in [-0.39, 0.29) is 24.7 Å². The summed E-state index contributed by atoms with van der Waals surface area (Å²) in [4.78, 5) is 39.6. The zero-order valence-corrected chi connectivity index (χ0v) is 18.6. The van der Waals surface area contributed by atoms with Crippen LogP contribution in [0.2, 0.25) is 10.0 Å². The highest BCUT2D eigenvalue weighted by atomic mass is 35.5. The average Bonchev–Trinajstić information content (AvgIpc) is 3.45. The number of nitro groups is 1. The van der Waals surface area contributed by atoms with Crippen LogP contribution in [-0.4, -0.2) is 40.6 Å². The maximum Gasteiger partial charge on any atom is 0.250 e. The van der Waals surface area contributed by atoms with E-state index in [1.54, 1.807) is 42.5 Å². The Morgan fingerprint density at radius 3 is 2.55 bits per heavy atom. The van der Waals surface area contributed by atoms with Gasteiger partial charge in [-0.05, 0) is 48.6 Å². The molecule has 2 aromatic carbocycles. The van der Waals surface area contributed by atoms with Gasteiger partial charge in [-0.3, -0.25) is 19.8 Å². The Labute approximate surface area is 202 Å². The minimum atomic E-state index is -1.33. The summed E-state index contributed by atoms with van der Waals surface area (Å²) in [5, 5.41) is 16.3. The van der Waals surface area contributed by atoms with E-state index in [4.69, 9.17) is 23.2 Å². The van der Waals surface area contributed by atoms with Crippen molar-refractivity contribution >= 4 is 41.1 Å². The number of carbonyl (C=O) groups excluding carboxylic acids is 2. The number of halogens is 2. The van der Waals surface area contributed by atoms with E-state index in [2.05, 4.69) is 5.32 Å². The van der Waals surface area contributed by atoms with Gasteiger partial charge in [-0.25, -0.2) is 0 Å². The van der Waals surface area contributed by atoms with Crippen molar-refractivity contribution in [3.05, 3.63) is 73.8 Å². The zero-order chi connectivity index (χ0) is 22.6. The number of nitrogens with zero attached hydrogens (tertiary/aromatic N) is 2. The molecule has 0 aromatic heterocycles. The molecule has 2 aliphatic heterocycles. The normalized spacial score (nSPS) is 28.3. The lowest BCUT2D eigenvalue weighted by molar-refractivity contribution is -0.528. The fraction of sp³-hybridized carbons (Fsp3) is 0.417. The summed E-state index contributed by atoms with van der Waals surface area (Å²) in [6, 6.07) is 10.1. The fourth-order valence-corrected chi connectivity index (χ4v) is 5.97. The second kappa shape index (κ2) is 8.70. The van der Waals surface area contributed by atoms with Crippen molar-refractivity contribution in [3.63, 3.8) is 0 Å². The number of hydrogen-bond donors (Lipinski definition) is 1. The third-order valence-corrected chi connectivity index (χ3v) is 7.44. The van der Waals surface area contributed by atoms with Crippen LogP contribution in [-0.2, 0) is 15.1 Å². The highest BCUT2D eigenvalue weighted by molar-refractivity contribution is 6.31. The number of aldehydes is 1. The molecule has 0 bridgehead atoms. The van der Waals surface area contributed by atoms with Crippen molar-refractivity contribution in [2.75, 3.05) is 11.9 Å². The third-order valence-electron chi connectivity index (χ3n) is 6.97. The topological polar surface area (TPSA) is 92.5 Å². The Kier molecular flexibility index (Phi) is 6.24. The number of hydrogen-bond acceptors (Lipinski definition) is 5. The number of carbonyl (C=O) groups is 2. The summed E-state index contributed by atoms with van der Waals surface area (Å²) >= 11 is 12.5. The summed E-state index contributed by atoms with van der Waals surface area (Å²) in [6.45, 7) is 0.509. The first-order valence-electron chi connectivity index (χ1n) is 10.6. The molecule has 1 spiro atoms. The number of fused-ring (bicyclic) bond motifs is 2. The lowest BCUT2D eigenvalue weighted by Crippen LogP contribution is -2.52. The maximum atomic E-state index is 13.8. The first-order valence-corrected chi connectivity index (χ1v) is 11.3. The Hall–Kier alpha value is -2.48. The molecular formula is C24H25Cl2N3O4. The first kappa shape index (κ1) is 23.7. The molecule has 1 saturated carbocycles. The highest BCUT2D eigenvalue weighted by Gasteiger charge is 2.71. The second-order valence-corrected chi connectivity index (χ2v) is 9.66. The molecule has 0 unspecified atom stereocenters. The lowest BCUT2D eigenvalue weighted by atomic mass is 9.73. The molecule has 1 N–H and O–H groups in total. The van der Waals surface area contributed by atoms with Gasteiger partial charge in [-0.15, -0.1) is 0 Å². The molecule has 1 aliphatic carbocycles. The monoisotopic (exact) mass is 489 g/mol. The van der Waals surface area contributed by atoms with Gasteiger partial charge in [0, 0.05) is 39.2 Å². The predicted molar refractivity (Wildman–Crippen MR) is 127 cm³/mol. The molecule has 2 fully saturated rings. The van der Waals surface area contributed by atoms with Gasteiger partial charge in [0.25, 0.3) is 5.91 Å². The molecule has 2 heterocycles. The first-order chi connectivity index (χ1) is 15.4. The Balaban J connectivity index is 0.00000259. The van der Waals surface area contributed by atoms with Crippen LogP contribution in [0.25, 0.3) is 0 Å². The van der Waals surface area contributed by atoms with Gasteiger partial charge in [-0.2, -0.15) is 0 Å². The van der Waals surface area contributed by atoms with Gasteiger partial charge in [-0.1, -0.05) is 48.8 Å². The molecule has 1 saturated heterocycles. The number of benzene rings is 2. The van der Waals surface area contributed by atoms with Crippen LogP contribution in [0.5, 0.6) is 0 Å². The summed E-state index contributed by atoms with van der Waals surface area (Å²) < 4.78 is 0. The van der Waals surface area contributed by atoms with Gasteiger partial charge in [0.05, 0.1) is 12.0 Å². The van der Waals surface area contributed by atoms with Gasteiger partial charge in [0.15, 0.2) is 0 Å². The average molecular weight is 490 g/mol. The van der Waals surface area contributed by atoms with Crippen LogP contribution in [0, 0.1) is 16.0 Å². The smallest absolute Gasteiger partial charge is 0.250 e. The minimum absolute atomic E-state index is 0. The summed E-state index contributed by atoms with van der Waals surface area (Å²) in [7, 11) is 0. The van der Waals surface area contributed by atoms with E-state index in [0.29, 0.717) is 45.6 Å². The Morgan fingerprint density at radius 1 is 1.18 bits per heavy atom. The van der Waals surface area contributed by atoms with E-state index in [0.717, 1.165) is 12.8 Å². The molecule has 33 heavy (non-hydrogen) atoms. The summed E-state index contributed by atoms with van der Waals surface area (Å²) in [5.74, 6) is -0.821. The van der Waals surface area contributed by atoms with Crippen LogP contribution in [0.1, 0.15) is 43.7 Å². The quantitative estimate of drug-likeness (QED) is 0.354. The van der Waals surface area contributed by atoms with E-state index in [9.17, 15) is 19.7 Å². The molecule has 2 aromatic rings. The molecule has 174 valence electrons. The third kappa shape index (κ3) is 3.63. The van der Waals surface area contributed by atoms with E-state index >= 15 is 0 Å². The molecule has 9 heteroatoms. The van der Waals surface area contributed by atoms with E-state index in [1.807, 2.05) is 4.90 Å². The Morgan fingerprint density at radius 2 is 1.91 bits per heavy atom.